The van der Waals surface area contributed by atoms with E-state index in [0.717, 1.165) is 16.9 Å². The lowest BCUT2D eigenvalue weighted by Gasteiger charge is -2.38. The number of piperidine rings is 1. The van der Waals surface area contributed by atoms with E-state index >= 15 is 0 Å². The number of amides is 3. The van der Waals surface area contributed by atoms with E-state index in [1.165, 1.54) is 18.2 Å². The Morgan fingerprint density at radius 3 is 2.35 bits per heavy atom. The number of aromatic hydroxyl groups is 1. The van der Waals surface area contributed by atoms with Crippen molar-refractivity contribution in [3.63, 3.8) is 0 Å². The predicted molar refractivity (Wildman–Crippen MR) is 148 cm³/mol. The number of hydrogen-bond acceptors (Lipinski definition) is 7. The van der Waals surface area contributed by atoms with E-state index in [4.69, 9.17) is 14.3 Å². The zero-order valence-corrected chi connectivity index (χ0v) is 24.1. The Bertz CT molecular complexity index is 1290. The molecule has 3 N–H and O–H groups in total. The molecule has 2 aliphatic heterocycles. The van der Waals surface area contributed by atoms with Gasteiger partial charge < -0.3 is 24.8 Å². The van der Waals surface area contributed by atoms with E-state index in [-0.39, 0.29) is 22.6 Å². The van der Waals surface area contributed by atoms with Crippen LogP contribution in [0.3, 0.4) is 0 Å². The number of carbonyl (C=O) groups excluding carboxylic acids is 3. The lowest BCUT2D eigenvalue weighted by Crippen LogP contribution is -2.46. The minimum Gasteiger partial charge on any atom is -0.507 e. The van der Waals surface area contributed by atoms with Gasteiger partial charge in [0.2, 0.25) is 0 Å². The average molecular weight is 554 g/mol. The van der Waals surface area contributed by atoms with Gasteiger partial charge in [-0.3, -0.25) is 14.4 Å². The number of phenolic OH excluding ortho intramolecular Hbond substituents is 1. The lowest BCUT2D eigenvalue weighted by atomic mass is 9.74. The van der Waals surface area contributed by atoms with Crippen molar-refractivity contribution < 1.29 is 33.8 Å². The average Bonchev–Trinajstić information content (AvgIpc) is 3.22. The molecule has 0 unspecified atom stereocenters. The number of rotatable bonds is 5. The van der Waals surface area contributed by atoms with Crippen LogP contribution >= 0.6 is 0 Å². The molecule has 40 heavy (non-hydrogen) atoms. The molecule has 0 aromatic heterocycles. The third-order valence-corrected chi connectivity index (χ3v) is 6.90. The predicted octanol–water partition coefficient (Wildman–Crippen LogP) is 4.44. The summed E-state index contributed by atoms with van der Waals surface area (Å²) >= 11 is 0. The van der Waals surface area contributed by atoms with E-state index in [9.17, 15) is 19.5 Å². The Morgan fingerprint density at radius 1 is 1.00 bits per heavy atom. The highest BCUT2D eigenvalue weighted by Crippen LogP contribution is 2.46. The van der Waals surface area contributed by atoms with Crippen molar-refractivity contribution in [3.8, 4) is 11.5 Å². The van der Waals surface area contributed by atoms with Crippen LogP contribution in [-0.2, 0) is 21.5 Å². The molecular formula is C30H39N3O7. The van der Waals surface area contributed by atoms with Crippen LogP contribution in [0.15, 0.2) is 36.4 Å². The molecule has 1 saturated heterocycles. The van der Waals surface area contributed by atoms with E-state index in [1.807, 2.05) is 32.9 Å². The molecule has 4 rings (SSSR count). The first kappa shape index (κ1) is 29.2. The van der Waals surface area contributed by atoms with Crippen molar-refractivity contribution in [2.45, 2.75) is 77.5 Å². The second-order valence-electron chi connectivity index (χ2n) is 12.4. The second kappa shape index (κ2) is 11.0. The number of alkyl carbamates (subject to hydrolysis) is 1. The number of ether oxygens (including phenoxy) is 2. The zero-order valence-electron chi connectivity index (χ0n) is 24.1. The maximum atomic E-state index is 13.4. The fourth-order valence-corrected chi connectivity index (χ4v) is 4.85. The van der Waals surface area contributed by atoms with Crippen molar-refractivity contribution in [1.82, 2.24) is 15.7 Å². The Labute approximate surface area is 234 Å². The molecule has 2 aliphatic rings. The highest BCUT2D eigenvalue weighted by molar-refractivity contribution is 6.01. The van der Waals surface area contributed by atoms with Gasteiger partial charge >= 0.3 is 6.09 Å². The van der Waals surface area contributed by atoms with Crippen LogP contribution in [0.1, 0.15) is 86.2 Å². The summed E-state index contributed by atoms with van der Waals surface area (Å²) < 4.78 is 11.4. The molecule has 2 aromatic carbocycles. The first-order valence-electron chi connectivity index (χ1n) is 13.5. The molecule has 1 fully saturated rings. The number of benzene rings is 2. The Balaban J connectivity index is 1.41. The summed E-state index contributed by atoms with van der Waals surface area (Å²) in [5.74, 6) is -0.250. The fraction of sp³-hybridized carbons (Fsp3) is 0.500. The van der Waals surface area contributed by atoms with Crippen LogP contribution in [0.4, 0.5) is 4.79 Å². The van der Waals surface area contributed by atoms with Crippen LogP contribution in [-0.4, -0.2) is 58.8 Å². The van der Waals surface area contributed by atoms with Gasteiger partial charge in [-0.1, -0.05) is 6.07 Å². The van der Waals surface area contributed by atoms with Gasteiger partial charge in [0.1, 0.15) is 17.1 Å². The van der Waals surface area contributed by atoms with Gasteiger partial charge in [0.25, 0.3) is 11.8 Å². The first-order chi connectivity index (χ1) is 18.7. The molecule has 0 atom stereocenters. The Hall–Kier alpha value is -3.79. The van der Waals surface area contributed by atoms with Crippen LogP contribution in [0.2, 0.25) is 0 Å². The molecule has 0 aliphatic carbocycles. The molecule has 0 bridgehead atoms. The van der Waals surface area contributed by atoms with E-state index in [1.54, 1.807) is 25.7 Å². The van der Waals surface area contributed by atoms with Crippen LogP contribution < -0.4 is 15.5 Å². The van der Waals surface area contributed by atoms with Crippen molar-refractivity contribution in [1.29, 1.82) is 0 Å². The SMILES string of the molecule is CC(C)(C)ONC(=O)c1cc(C(=O)N2CCC3(CC2)COc2ccc(CNC(=O)OC(C)(C)C)cc23)ccc1O. The monoisotopic (exact) mass is 553 g/mol. The highest BCUT2D eigenvalue weighted by atomic mass is 16.7. The lowest BCUT2D eigenvalue weighted by molar-refractivity contribution is -0.0590. The third kappa shape index (κ3) is 6.85. The second-order valence-corrected chi connectivity index (χ2v) is 12.4. The van der Waals surface area contributed by atoms with Crippen molar-refractivity contribution in [2.75, 3.05) is 19.7 Å². The Morgan fingerprint density at radius 2 is 1.70 bits per heavy atom. The number of nitrogens with one attached hydrogen (secondary N) is 2. The van der Waals surface area contributed by atoms with Crippen LogP contribution in [0.5, 0.6) is 11.5 Å². The summed E-state index contributed by atoms with van der Waals surface area (Å²) in [6.07, 6.45) is 0.946. The smallest absolute Gasteiger partial charge is 0.407 e. The van der Waals surface area contributed by atoms with Gasteiger partial charge in [-0.05, 0) is 90.3 Å². The quantitative estimate of drug-likeness (QED) is 0.467. The fourth-order valence-electron chi connectivity index (χ4n) is 4.85. The number of fused-ring (bicyclic) bond motifs is 2. The van der Waals surface area contributed by atoms with Gasteiger partial charge in [-0.15, -0.1) is 0 Å². The normalized spacial score (nSPS) is 16.2. The molecule has 10 heteroatoms. The van der Waals surface area contributed by atoms with Gasteiger partial charge in [0, 0.05) is 36.2 Å². The summed E-state index contributed by atoms with van der Waals surface area (Å²) in [6.45, 7) is 12.7. The Kier molecular flexibility index (Phi) is 8.03. The number of phenols is 1. The maximum Gasteiger partial charge on any atom is 0.407 e. The summed E-state index contributed by atoms with van der Waals surface area (Å²) in [5.41, 5.74) is 3.24. The summed E-state index contributed by atoms with van der Waals surface area (Å²) in [6, 6.07) is 10.2. The number of hydroxylamine groups is 1. The van der Waals surface area contributed by atoms with Gasteiger partial charge in [0.15, 0.2) is 0 Å². The van der Waals surface area contributed by atoms with Crippen molar-refractivity contribution in [3.05, 3.63) is 58.7 Å². The largest absolute Gasteiger partial charge is 0.507 e. The molecule has 10 nitrogen and oxygen atoms in total. The standard InChI is InChI=1S/C30H39N3O7/c1-28(2,3)39-27(37)31-17-19-7-10-24-22(15-19)30(18-38-24)11-13-33(14-12-30)26(36)20-8-9-23(34)21(16-20)25(35)32-40-29(4,5)6/h7-10,15-16,34H,11-14,17-18H2,1-6H3,(H,31,37)(H,32,35). The molecule has 3 amide bonds. The molecule has 2 heterocycles. The van der Waals surface area contributed by atoms with Crippen LogP contribution in [0, 0.1) is 0 Å². The van der Waals surface area contributed by atoms with Crippen molar-refractivity contribution >= 4 is 17.9 Å². The molecule has 0 radical (unpaired) electrons. The summed E-state index contributed by atoms with van der Waals surface area (Å²) in [5, 5.41) is 13.0. The first-order valence-corrected chi connectivity index (χ1v) is 13.5. The minimum absolute atomic E-state index is 0.0331. The maximum absolute atomic E-state index is 13.4. The van der Waals surface area contributed by atoms with Gasteiger partial charge in [-0.2, -0.15) is 0 Å². The van der Waals surface area contributed by atoms with Crippen LogP contribution in [0.25, 0.3) is 0 Å². The molecular weight excluding hydrogens is 514 g/mol. The molecule has 1 spiro atoms. The summed E-state index contributed by atoms with van der Waals surface area (Å²) in [4.78, 5) is 45.1. The van der Waals surface area contributed by atoms with E-state index in [0.29, 0.717) is 44.6 Å². The highest BCUT2D eigenvalue weighted by Gasteiger charge is 2.44. The number of carbonyl (C=O) groups is 3. The minimum atomic E-state index is -0.628. The summed E-state index contributed by atoms with van der Waals surface area (Å²) in [7, 11) is 0. The van der Waals surface area contributed by atoms with E-state index < -0.39 is 23.2 Å². The van der Waals surface area contributed by atoms with E-state index in [2.05, 4.69) is 16.9 Å². The molecule has 0 saturated carbocycles. The van der Waals surface area contributed by atoms with Gasteiger partial charge in [-0.25, -0.2) is 10.3 Å². The number of hydrogen-bond donors (Lipinski definition) is 3. The van der Waals surface area contributed by atoms with Gasteiger partial charge in [0.05, 0.1) is 17.8 Å². The number of nitrogens with zero attached hydrogens (tertiary/aromatic N) is 1. The number of likely N-dealkylation sites (tertiary alicyclic amines) is 1. The molecule has 216 valence electrons. The topological polar surface area (TPSA) is 126 Å². The molecule has 2 aromatic rings. The zero-order chi connectivity index (χ0) is 29.3. The van der Waals surface area contributed by atoms with Crippen molar-refractivity contribution in [2.24, 2.45) is 0 Å². The third-order valence-electron chi connectivity index (χ3n) is 6.90.